The molecule has 0 radical (unpaired) electrons. The van der Waals surface area contributed by atoms with Crippen LogP contribution in [0.4, 0.5) is 17.1 Å². The van der Waals surface area contributed by atoms with Gasteiger partial charge in [-0.05, 0) is 144 Å². The van der Waals surface area contributed by atoms with Crippen LogP contribution in [-0.2, 0) is 17.3 Å². The van der Waals surface area contributed by atoms with Crippen LogP contribution >= 0.6 is 0 Å². The van der Waals surface area contributed by atoms with Crippen molar-refractivity contribution < 1.29 is 0 Å². The molecule has 0 spiro atoms. The molecule has 0 N–H and O–H groups in total. The maximum Gasteiger partial charge on any atom is 0.0540 e. The van der Waals surface area contributed by atoms with Crippen molar-refractivity contribution in [1.82, 2.24) is 0 Å². The van der Waals surface area contributed by atoms with Crippen molar-refractivity contribution in [3.63, 3.8) is 0 Å². The molecule has 0 aliphatic heterocycles. The average Bonchev–Trinajstić information content (AvgIpc) is 3.68. The molecule has 0 amide bonds. The van der Waals surface area contributed by atoms with Crippen molar-refractivity contribution in [1.29, 1.82) is 0 Å². The van der Waals surface area contributed by atoms with Gasteiger partial charge in [-0.2, -0.15) is 0 Å². The summed E-state index contributed by atoms with van der Waals surface area (Å²) in [5.74, 6) is 0. The Hall–Kier alpha value is -7.22. The number of hydrogen-bond acceptors (Lipinski definition) is 1. The molecule has 2 aliphatic rings. The first-order valence-corrected chi connectivity index (χ1v) is 22.4. The summed E-state index contributed by atoms with van der Waals surface area (Å²) >= 11 is 0. The lowest BCUT2D eigenvalue weighted by molar-refractivity contribution is 0.652. The molecule has 2 aliphatic carbocycles. The van der Waals surface area contributed by atoms with Crippen LogP contribution in [0.5, 0.6) is 0 Å². The second-order valence-corrected chi connectivity index (χ2v) is 18.6. The number of para-hydroxylation sites is 1. The van der Waals surface area contributed by atoms with Gasteiger partial charge in [0.2, 0.25) is 0 Å². The van der Waals surface area contributed by atoms with E-state index in [2.05, 4.69) is 246 Å². The molecule has 10 aromatic rings. The van der Waals surface area contributed by atoms with E-state index >= 15 is 0 Å². The van der Waals surface area contributed by atoms with E-state index in [4.69, 9.17) is 0 Å². The van der Waals surface area contributed by atoms with Crippen LogP contribution in [0.1, 0.15) is 66.6 Å². The van der Waals surface area contributed by atoms with Crippen molar-refractivity contribution >= 4 is 49.4 Å². The van der Waals surface area contributed by atoms with Crippen LogP contribution < -0.4 is 4.90 Å². The third-order valence-electron chi connectivity index (χ3n) is 14.1. The number of rotatable bonds is 5. The van der Waals surface area contributed by atoms with Crippen molar-refractivity contribution in [2.24, 2.45) is 0 Å². The lowest BCUT2D eigenvalue weighted by Crippen LogP contribution is -2.17. The molecule has 304 valence electrons. The fourth-order valence-corrected chi connectivity index (χ4v) is 10.8. The number of hydrogen-bond donors (Lipinski definition) is 0. The Balaban J connectivity index is 0.000000351. The predicted molar refractivity (Wildman–Crippen MR) is 269 cm³/mol. The summed E-state index contributed by atoms with van der Waals surface area (Å²) in [6.07, 6.45) is 0.930. The highest BCUT2D eigenvalue weighted by Crippen LogP contribution is 2.58. The van der Waals surface area contributed by atoms with Gasteiger partial charge in [0, 0.05) is 27.6 Å². The van der Waals surface area contributed by atoms with Crippen LogP contribution in [-0.4, -0.2) is 0 Å². The smallest absolute Gasteiger partial charge is 0.0540 e. The van der Waals surface area contributed by atoms with Gasteiger partial charge in [-0.15, -0.1) is 0 Å². The zero-order valence-corrected chi connectivity index (χ0v) is 36.8. The van der Waals surface area contributed by atoms with E-state index < -0.39 is 0 Å². The molecular weight excluding hydrogens is 759 g/mol. The van der Waals surface area contributed by atoms with Gasteiger partial charge in [0.25, 0.3) is 0 Å². The molecule has 1 heteroatoms. The van der Waals surface area contributed by atoms with E-state index in [-0.39, 0.29) is 10.8 Å². The fraction of sp³-hybridized carbons (Fsp3) is 0.129. The summed E-state index contributed by atoms with van der Waals surface area (Å²) in [6, 6.07) is 75.7. The van der Waals surface area contributed by atoms with Gasteiger partial charge in [-0.3, -0.25) is 0 Å². The zero-order valence-electron chi connectivity index (χ0n) is 36.8. The predicted octanol–water partition coefficient (Wildman–Crippen LogP) is 16.8. The van der Waals surface area contributed by atoms with Gasteiger partial charge >= 0.3 is 0 Å². The molecule has 0 bridgehead atoms. The van der Waals surface area contributed by atoms with E-state index in [1.54, 1.807) is 0 Å². The number of fused-ring (bicyclic) bond motifs is 10. The summed E-state index contributed by atoms with van der Waals surface area (Å²) in [5, 5.41) is 7.89. The van der Waals surface area contributed by atoms with Crippen LogP contribution in [0.2, 0.25) is 0 Å². The summed E-state index contributed by atoms with van der Waals surface area (Å²) < 4.78 is 0. The third-order valence-corrected chi connectivity index (χ3v) is 14.1. The molecule has 0 saturated heterocycles. The number of anilines is 3. The van der Waals surface area contributed by atoms with Crippen LogP contribution in [0.3, 0.4) is 0 Å². The van der Waals surface area contributed by atoms with E-state index in [9.17, 15) is 0 Å². The molecular formula is C62H51N. The molecule has 12 rings (SSSR count). The van der Waals surface area contributed by atoms with Gasteiger partial charge in [0.1, 0.15) is 0 Å². The van der Waals surface area contributed by atoms with Crippen LogP contribution in [0.15, 0.2) is 206 Å². The van der Waals surface area contributed by atoms with Gasteiger partial charge in [-0.1, -0.05) is 191 Å². The minimum Gasteiger partial charge on any atom is -0.310 e. The first-order chi connectivity index (χ1) is 30.7. The Kier molecular flexibility index (Phi) is 9.21. The molecule has 0 heterocycles. The van der Waals surface area contributed by atoms with E-state index in [0.717, 1.165) is 12.1 Å². The lowest BCUT2D eigenvalue weighted by atomic mass is 9.79. The van der Waals surface area contributed by atoms with Gasteiger partial charge in [-0.25, -0.2) is 0 Å². The number of aryl methyl sites for hydroxylation is 1. The van der Waals surface area contributed by atoms with Gasteiger partial charge in [0.15, 0.2) is 0 Å². The number of nitrogens with zero attached hydrogens (tertiary/aromatic N) is 1. The van der Waals surface area contributed by atoms with Crippen molar-refractivity contribution in [3.8, 4) is 22.3 Å². The molecule has 0 fully saturated rings. The van der Waals surface area contributed by atoms with Crippen molar-refractivity contribution in [2.45, 2.75) is 51.9 Å². The molecule has 0 saturated carbocycles. The Morgan fingerprint density at radius 2 is 0.921 bits per heavy atom. The van der Waals surface area contributed by atoms with E-state index in [0.29, 0.717) is 0 Å². The zero-order chi connectivity index (χ0) is 42.9. The Labute approximate surface area is 371 Å². The van der Waals surface area contributed by atoms with Gasteiger partial charge < -0.3 is 4.90 Å². The topological polar surface area (TPSA) is 3.24 Å². The Bertz CT molecular complexity index is 3360. The molecule has 0 aromatic heterocycles. The standard InChI is InChI=1S/C51H41N.C11H10/c1-50(2)44-30-37(52(36-20-9-6-10-21-36)48-25-15-19-34-18-11-12-23-39(34)48)26-27-40(44)42-31-46-43(32-45(42)50)49-41-24-14-13-22-38(41)35(29-47(49)51(46,3)4)28-33-16-7-5-8-17-33;1-9-5-4-7-10-6-2-3-8-11(9)10/h5-27,29-32H,28H2,1-4H3;2-8H,1H3. The number of benzene rings is 10. The summed E-state index contributed by atoms with van der Waals surface area (Å²) in [4.78, 5) is 2.43. The largest absolute Gasteiger partial charge is 0.310 e. The van der Waals surface area contributed by atoms with E-state index in [1.807, 2.05) is 0 Å². The van der Waals surface area contributed by atoms with Crippen molar-refractivity contribution in [2.75, 3.05) is 4.90 Å². The third kappa shape index (κ3) is 6.37. The summed E-state index contributed by atoms with van der Waals surface area (Å²) in [6.45, 7) is 11.8. The summed E-state index contributed by atoms with van der Waals surface area (Å²) in [5.41, 5.74) is 18.5. The van der Waals surface area contributed by atoms with Gasteiger partial charge in [0.05, 0.1) is 5.69 Å². The molecule has 63 heavy (non-hydrogen) atoms. The fourth-order valence-electron chi connectivity index (χ4n) is 10.8. The Morgan fingerprint density at radius 3 is 1.65 bits per heavy atom. The maximum atomic E-state index is 2.56. The van der Waals surface area contributed by atoms with Crippen molar-refractivity contribution in [3.05, 3.63) is 245 Å². The first kappa shape index (κ1) is 38.7. The second-order valence-electron chi connectivity index (χ2n) is 18.6. The maximum absolute atomic E-state index is 2.56. The SMILES string of the molecule is CC1(C)c2cc(N(c3ccccc3)c3cccc4ccccc34)ccc2-c2cc3c(cc21)-c1c(cc(Cc2ccccc2)c2ccccc12)C3(C)C.Cc1cccc2ccccc12. The molecule has 0 unspecified atom stereocenters. The minimum atomic E-state index is -0.174. The Morgan fingerprint density at radius 1 is 0.381 bits per heavy atom. The highest BCUT2D eigenvalue weighted by atomic mass is 15.1. The second kappa shape index (κ2) is 15.0. The normalized spacial score (nSPS) is 13.8. The highest BCUT2D eigenvalue weighted by molar-refractivity contribution is 6.05. The first-order valence-electron chi connectivity index (χ1n) is 22.4. The van der Waals surface area contributed by atoms with Crippen LogP contribution in [0.25, 0.3) is 54.6 Å². The summed E-state index contributed by atoms with van der Waals surface area (Å²) in [7, 11) is 0. The lowest BCUT2D eigenvalue weighted by Gasteiger charge is -2.29. The average molecular weight is 810 g/mol. The highest BCUT2D eigenvalue weighted by Gasteiger charge is 2.43. The van der Waals surface area contributed by atoms with E-state index in [1.165, 1.54) is 105 Å². The molecule has 10 aromatic carbocycles. The quantitative estimate of drug-likeness (QED) is 0.167. The molecule has 0 atom stereocenters. The molecule has 1 nitrogen and oxygen atoms in total. The minimum absolute atomic E-state index is 0.125. The van der Waals surface area contributed by atoms with Crippen LogP contribution in [0, 0.1) is 6.92 Å². The monoisotopic (exact) mass is 809 g/mol.